The van der Waals surface area contributed by atoms with Crippen molar-refractivity contribution in [3.05, 3.63) is 39.9 Å². The van der Waals surface area contributed by atoms with Crippen molar-refractivity contribution in [1.82, 2.24) is 15.0 Å². The SMILES string of the molecule is Cc1nc(-c2ccc(N3C[C@@H](C(F)(F)F)[C@H](C(=O)O)C3)nc2)[nH]c(=O)c1C. The Hall–Kier alpha value is -2.91. The Morgan fingerprint density at radius 3 is 2.48 bits per heavy atom. The Balaban J connectivity index is 1.86. The third kappa shape index (κ3) is 3.64. The highest BCUT2D eigenvalue weighted by atomic mass is 19.4. The van der Waals surface area contributed by atoms with Crippen molar-refractivity contribution in [2.75, 3.05) is 18.0 Å². The molecule has 3 rings (SSSR count). The second-order valence-electron chi connectivity index (χ2n) is 6.53. The van der Waals surface area contributed by atoms with Crippen LogP contribution in [0.1, 0.15) is 11.3 Å². The molecule has 27 heavy (non-hydrogen) atoms. The molecular weight excluding hydrogens is 365 g/mol. The molecule has 3 heterocycles. The van der Waals surface area contributed by atoms with Crippen molar-refractivity contribution in [3.63, 3.8) is 0 Å². The summed E-state index contributed by atoms with van der Waals surface area (Å²) in [5.41, 5.74) is 1.28. The lowest BCUT2D eigenvalue weighted by molar-refractivity contribution is -0.187. The number of halogens is 3. The summed E-state index contributed by atoms with van der Waals surface area (Å²) in [7, 11) is 0. The number of carbonyl (C=O) groups is 1. The van der Waals surface area contributed by atoms with Crippen LogP contribution in [-0.2, 0) is 4.79 Å². The molecule has 1 aliphatic heterocycles. The van der Waals surface area contributed by atoms with Crippen molar-refractivity contribution in [3.8, 4) is 11.4 Å². The van der Waals surface area contributed by atoms with Crippen LogP contribution in [0.3, 0.4) is 0 Å². The average Bonchev–Trinajstić information content (AvgIpc) is 3.05. The number of aromatic nitrogens is 3. The summed E-state index contributed by atoms with van der Waals surface area (Å²) in [4.78, 5) is 35.4. The zero-order valence-electron chi connectivity index (χ0n) is 14.5. The molecule has 0 aliphatic carbocycles. The Morgan fingerprint density at radius 2 is 2.00 bits per heavy atom. The summed E-state index contributed by atoms with van der Waals surface area (Å²) in [5, 5.41) is 9.09. The van der Waals surface area contributed by atoms with Gasteiger partial charge in [-0.2, -0.15) is 13.2 Å². The Kier molecular flexibility index (Phi) is 4.66. The van der Waals surface area contributed by atoms with Crippen LogP contribution in [0.5, 0.6) is 0 Å². The van der Waals surface area contributed by atoms with E-state index in [9.17, 15) is 22.8 Å². The molecule has 2 aromatic rings. The first-order valence-corrected chi connectivity index (χ1v) is 8.16. The number of nitrogens with zero attached hydrogens (tertiary/aromatic N) is 3. The van der Waals surface area contributed by atoms with Crippen LogP contribution < -0.4 is 10.5 Å². The molecule has 2 aromatic heterocycles. The van der Waals surface area contributed by atoms with E-state index in [1.807, 2.05) is 0 Å². The van der Waals surface area contributed by atoms with Gasteiger partial charge in [-0.05, 0) is 26.0 Å². The van der Waals surface area contributed by atoms with E-state index in [1.165, 1.54) is 17.2 Å². The van der Waals surface area contributed by atoms with Crippen molar-refractivity contribution in [1.29, 1.82) is 0 Å². The summed E-state index contributed by atoms with van der Waals surface area (Å²) in [6, 6.07) is 3.06. The largest absolute Gasteiger partial charge is 0.481 e. The highest BCUT2D eigenvalue weighted by Gasteiger charge is 2.52. The standard InChI is InChI=1S/C17H17F3N4O3/c1-8-9(2)22-14(23-15(8)25)10-3-4-13(21-5-10)24-6-11(16(26)27)12(7-24)17(18,19)20/h3-5,11-12H,6-7H2,1-2H3,(H,26,27)(H,22,23,25)/t11-,12-/m1/s1. The van der Waals surface area contributed by atoms with Gasteiger partial charge in [-0.3, -0.25) is 9.59 Å². The van der Waals surface area contributed by atoms with Gasteiger partial charge in [0.1, 0.15) is 11.6 Å². The molecule has 1 fully saturated rings. The quantitative estimate of drug-likeness (QED) is 0.844. The Morgan fingerprint density at radius 1 is 1.30 bits per heavy atom. The van der Waals surface area contributed by atoms with E-state index < -0.39 is 30.5 Å². The normalized spacial score (nSPS) is 20.1. The highest BCUT2D eigenvalue weighted by Crippen LogP contribution is 2.39. The summed E-state index contributed by atoms with van der Waals surface area (Å²) in [6.45, 7) is 2.61. The van der Waals surface area contributed by atoms with E-state index in [0.717, 1.165) is 0 Å². The fraction of sp³-hybridized carbons (Fsp3) is 0.412. The molecule has 0 unspecified atom stereocenters. The van der Waals surface area contributed by atoms with Crippen molar-refractivity contribution in [2.45, 2.75) is 20.0 Å². The number of rotatable bonds is 3. The predicted octanol–water partition coefficient (Wildman–Crippen LogP) is 2.15. The van der Waals surface area contributed by atoms with E-state index in [1.54, 1.807) is 19.9 Å². The first-order chi connectivity index (χ1) is 12.6. The molecule has 144 valence electrons. The number of aliphatic carboxylic acids is 1. The summed E-state index contributed by atoms with van der Waals surface area (Å²) in [5.74, 6) is -4.42. The number of anilines is 1. The Labute approximate surface area is 151 Å². The lowest BCUT2D eigenvalue weighted by Gasteiger charge is -2.19. The minimum atomic E-state index is -4.60. The molecule has 10 heteroatoms. The van der Waals surface area contributed by atoms with Crippen molar-refractivity contribution < 1.29 is 23.1 Å². The van der Waals surface area contributed by atoms with Crippen LogP contribution in [0, 0.1) is 25.7 Å². The summed E-state index contributed by atoms with van der Waals surface area (Å²) < 4.78 is 39.3. The molecule has 0 amide bonds. The molecular formula is C17H17F3N4O3. The number of carboxylic acids is 1. The van der Waals surface area contributed by atoms with Crippen LogP contribution in [0.15, 0.2) is 23.1 Å². The number of hydrogen-bond acceptors (Lipinski definition) is 5. The number of aryl methyl sites for hydroxylation is 1. The lowest BCUT2D eigenvalue weighted by atomic mass is 9.96. The van der Waals surface area contributed by atoms with Crippen LogP contribution >= 0.6 is 0 Å². The number of aromatic amines is 1. The summed E-state index contributed by atoms with van der Waals surface area (Å²) in [6.07, 6.45) is -3.21. The van der Waals surface area contributed by atoms with E-state index in [4.69, 9.17) is 5.11 Å². The molecule has 1 saturated heterocycles. The third-order valence-electron chi connectivity index (χ3n) is 4.80. The minimum absolute atomic E-state index is 0.239. The first kappa shape index (κ1) is 18.9. The Bertz CT molecular complexity index is 925. The van der Waals surface area contributed by atoms with Gasteiger partial charge in [0.2, 0.25) is 0 Å². The fourth-order valence-electron chi connectivity index (χ4n) is 3.07. The molecule has 0 radical (unpaired) electrons. The number of carboxylic acid groups (broad SMARTS) is 1. The topological polar surface area (TPSA) is 99.2 Å². The number of H-pyrrole nitrogens is 1. The van der Waals surface area contributed by atoms with E-state index in [0.29, 0.717) is 22.6 Å². The zero-order valence-corrected chi connectivity index (χ0v) is 14.5. The third-order valence-corrected chi connectivity index (χ3v) is 4.80. The number of hydrogen-bond donors (Lipinski definition) is 2. The monoisotopic (exact) mass is 382 g/mol. The van der Waals surface area contributed by atoms with Gasteiger partial charge in [-0.1, -0.05) is 0 Å². The zero-order chi connectivity index (χ0) is 19.9. The minimum Gasteiger partial charge on any atom is -0.481 e. The maximum absolute atomic E-state index is 13.1. The van der Waals surface area contributed by atoms with Gasteiger partial charge in [-0.15, -0.1) is 0 Å². The molecule has 0 bridgehead atoms. The van der Waals surface area contributed by atoms with E-state index >= 15 is 0 Å². The molecule has 7 nitrogen and oxygen atoms in total. The highest BCUT2D eigenvalue weighted by molar-refractivity contribution is 5.72. The summed E-state index contributed by atoms with van der Waals surface area (Å²) >= 11 is 0. The second-order valence-corrected chi connectivity index (χ2v) is 6.53. The molecule has 1 aliphatic rings. The molecule has 0 aromatic carbocycles. The van der Waals surface area contributed by atoms with Gasteiger partial charge in [0.25, 0.3) is 5.56 Å². The van der Waals surface area contributed by atoms with Crippen LogP contribution in [0.2, 0.25) is 0 Å². The van der Waals surface area contributed by atoms with Gasteiger partial charge in [0, 0.05) is 36.1 Å². The van der Waals surface area contributed by atoms with Gasteiger partial charge in [0.05, 0.1) is 11.8 Å². The fourth-order valence-corrected chi connectivity index (χ4v) is 3.07. The maximum atomic E-state index is 13.1. The van der Waals surface area contributed by atoms with E-state index in [2.05, 4.69) is 15.0 Å². The van der Waals surface area contributed by atoms with E-state index in [-0.39, 0.29) is 17.9 Å². The van der Waals surface area contributed by atoms with Gasteiger partial charge < -0.3 is 15.0 Å². The predicted molar refractivity (Wildman–Crippen MR) is 90.4 cm³/mol. The average molecular weight is 382 g/mol. The van der Waals surface area contributed by atoms with Crippen molar-refractivity contribution in [2.24, 2.45) is 11.8 Å². The van der Waals surface area contributed by atoms with Crippen molar-refractivity contribution >= 4 is 11.8 Å². The van der Waals surface area contributed by atoms with Crippen LogP contribution in [0.4, 0.5) is 19.0 Å². The van der Waals surface area contributed by atoms with Crippen LogP contribution in [0.25, 0.3) is 11.4 Å². The molecule has 0 spiro atoms. The second kappa shape index (κ2) is 6.67. The molecule has 2 N–H and O–H groups in total. The maximum Gasteiger partial charge on any atom is 0.394 e. The van der Waals surface area contributed by atoms with Crippen LogP contribution in [-0.4, -0.2) is 45.3 Å². The molecule has 0 saturated carbocycles. The van der Waals surface area contributed by atoms with Gasteiger partial charge >= 0.3 is 12.1 Å². The van der Waals surface area contributed by atoms with Gasteiger partial charge in [-0.25, -0.2) is 9.97 Å². The smallest absolute Gasteiger partial charge is 0.394 e. The first-order valence-electron chi connectivity index (χ1n) is 8.16. The number of pyridine rings is 1. The number of alkyl halides is 3. The van der Waals surface area contributed by atoms with Gasteiger partial charge in [0.15, 0.2) is 0 Å². The molecule has 2 atom stereocenters. The number of nitrogens with one attached hydrogen (secondary N) is 1. The lowest BCUT2D eigenvalue weighted by Crippen LogP contribution is -2.33.